The van der Waals surface area contributed by atoms with Gasteiger partial charge in [0, 0.05) is 11.9 Å². The zero-order chi connectivity index (χ0) is 16.7. The Hall–Kier alpha value is -2.21. The number of hydrogen-bond donors (Lipinski definition) is 1. The molecule has 1 saturated heterocycles. The number of carbonyl (C=O) groups excluding carboxylic acids is 1. The van der Waals surface area contributed by atoms with Gasteiger partial charge in [0.2, 0.25) is 0 Å². The summed E-state index contributed by atoms with van der Waals surface area (Å²) in [5, 5.41) is 1.82. The first kappa shape index (κ1) is 15.3. The molecule has 24 heavy (non-hydrogen) atoms. The van der Waals surface area contributed by atoms with Crippen molar-refractivity contribution in [1.82, 2.24) is 19.9 Å². The molecule has 1 aliphatic rings. The lowest BCUT2D eigenvalue weighted by atomic mass is 10.0. The summed E-state index contributed by atoms with van der Waals surface area (Å²) in [6.45, 7) is 4.96. The molecule has 4 rings (SSSR count). The number of carbonyl (C=O) groups is 1. The molecular weight excluding hydrogens is 320 g/mol. The summed E-state index contributed by atoms with van der Waals surface area (Å²) in [7, 11) is 0. The van der Waals surface area contributed by atoms with Crippen molar-refractivity contribution >= 4 is 28.3 Å². The molecule has 0 spiro atoms. The Morgan fingerprint density at radius 1 is 1.29 bits per heavy atom. The van der Waals surface area contributed by atoms with E-state index in [1.807, 2.05) is 10.3 Å². The van der Waals surface area contributed by atoms with Gasteiger partial charge < -0.3 is 9.88 Å². The standard InChI is InChI=1S/C18H20N4OS/c1-11-7-13-14(8-12(11)2)21-17(20-13)16-5-3-4-6-22(16)18(23)15-9-24-10-19-15/h7-10,16H,3-6H2,1-2H3,(H,20,21). The number of piperidine rings is 1. The van der Waals surface area contributed by atoms with Crippen LogP contribution in [0.25, 0.3) is 11.0 Å². The predicted octanol–water partition coefficient (Wildman–Crippen LogP) is 4.00. The number of nitrogens with one attached hydrogen (secondary N) is 1. The maximum absolute atomic E-state index is 12.8. The van der Waals surface area contributed by atoms with Crippen LogP contribution in [-0.4, -0.2) is 32.3 Å². The van der Waals surface area contributed by atoms with Gasteiger partial charge in [-0.1, -0.05) is 0 Å². The zero-order valence-corrected chi connectivity index (χ0v) is 14.7. The Labute approximate surface area is 144 Å². The minimum atomic E-state index is 0.000891. The van der Waals surface area contributed by atoms with Crippen molar-refractivity contribution < 1.29 is 4.79 Å². The molecule has 5 nitrogen and oxygen atoms in total. The van der Waals surface area contributed by atoms with Crippen LogP contribution in [0.4, 0.5) is 0 Å². The number of amides is 1. The average Bonchev–Trinajstić information content (AvgIpc) is 3.24. The highest BCUT2D eigenvalue weighted by molar-refractivity contribution is 7.07. The van der Waals surface area contributed by atoms with E-state index in [4.69, 9.17) is 4.98 Å². The van der Waals surface area contributed by atoms with Crippen LogP contribution < -0.4 is 0 Å². The third kappa shape index (κ3) is 2.60. The van der Waals surface area contributed by atoms with E-state index in [2.05, 4.69) is 35.9 Å². The smallest absolute Gasteiger partial charge is 0.273 e. The summed E-state index contributed by atoms with van der Waals surface area (Å²) in [5.41, 5.74) is 6.74. The van der Waals surface area contributed by atoms with Gasteiger partial charge in [-0.25, -0.2) is 9.97 Å². The molecule has 1 atom stereocenters. The van der Waals surface area contributed by atoms with Crippen molar-refractivity contribution in [2.75, 3.05) is 6.54 Å². The molecule has 3 heterocycles. The fourth-order valence-electron chi connectivity index (χ4n) is 3.37. The number of imidazole rings is 1. The monoisotopic (exact) mass is 340 g/mol. The quantitative estimate of drug-likeness (QED) is 0.767. The Bertz CT molecular complexity index is 845. The van der Waals surface area contributed by atoms with Gasteiger partial charge in [-0.2, -0.15) is 0 Å². The van der Waals surface area contributed by atoms with Crippen LogP contribution in [0.15, 0.2) is 23.0 Å². The lowest BCUT2D eigenvalue weighted by molar-refractivity contribution is 0.0596. The Balaban J connectivity index is 1.71. The van der Waals surface area contributed by atoms with Crippen molar-refractivity contribution in [2.45, 2.75) is 39.2 Å². The fourth-order valence-corrected chi connectivity index (χ4v) is 3.90. The molecule has 0 bridgehead atoms. The maximum atomic E-state index is 12.8. The molecule has 0 aliphatic carbocycles. The minimum Gasteiger partial charge on any atom is -0.340 e. The normalized spacial score (nSPS) is 18.2. The molecule has 1 aliphatic heterocycles. The highest BCUT2D eigenvalue weighted by Gasteiger charge is 2.31. The minimum absolute atomic E-state index is 0.000891. The second-order valence-electron chi connectivity index (χ2n) is 6.46. The number of aromatic amines is 1. The molecule has 6 heteroatoms. The van der Waals surface area contributed by atoms with Crippen molar-refractivity contribution in [3.8, 4) is 0 Å². The van der Waals surface area contributed by atoms with Gasteiger partial charge in [0.25, 0.3) is 5.91 Å². The van der Waals surface area contributed by atoms with E-state index in [-0.39, 0.29) is 11.9 Å². The SMILES string of the molecule is Cc1cc2nc(C3CCCCN3C(=O)c3cscn3)[nH]c2cc1C. The number of aromatic nitrogens is 3. The molecule has 3 aromatic rings. The van der Waals surface area contributed by atoms with E-state index in [0.29, 0.717) is 5.69 Å². The van der Waals surface area contributed by atoms with Crippen LogP contribution in [0.5, 0.6) is 0 Å². The summed E-state index contributed by atoms with van der Waals surface area (Å²) in [5.74, 6) is 0.895. The van der Waals surface area contributed by atoms with Crippen LogP contribution in [0, 0.1) is 13.8 Å². The van der Waals surface area contributed by atoms with Crippen molar-refractivity contribution in [1.29, 1.82) is 0 Å². The second kappa shape index (κ2) is 6.02. The summed E-state index contributed by atoms with van der Waals surface area (Å²) in [4.78, 5) is 27.1. The first-order valence-electron chi connectivity index (χ1n) is 8.29. The Morgan fingerprint density at radius 2 is 2.12 bits per heavy atom. The molecule has 1 aromatic carbocycles. The molecule has 0 radical (unpaired) electrons. The largest absolute Gasteiger partial charge is 0.340 e. The summed E-state index contributed by atoms with van der Waals surface area (Å²) in [6, 6.07) is 4.25. The number of rotatable bonds is 2. The van der Waals surface area contributed by atoms with Gasteiger partial charge in [0.15, 0.2) is 0 Å². The van der Waals surface area contributed by atoms with Gasteiger partial charge in [-0.3, -0.25) is 4.79 Å². The number of likely N-dealkylation sites (tertiary alicyclic amines) is 1. The molecule has 0 saturated carbocycles. The summed E-state index contributed by atoms with van der Waals surface area (Å²) in [6.07, 6.45) is 3.08. The highest BCUT2D eigenvalue weighted by Crippen LogP contribution is 2.32. The van der Waals surface area contributed by atoms with Gasteiger partial charge >= 0.3 is 0 Å². The number of H-pyrrole nitrogens is 1. The van der Waals surface area contributed by atoms with E-state index < -0.39 is 0 Å². The number of aryl methyl sites for hydroxylation is 2. The lowest BCUT2D eigenvalue weighted by Gasteiger charge is -2.34. The zero-order valence-electron chi connectivity index (χ0n) is 13.9. The number of thiazole rings is 1. The van der Waals surface area contributed by atoms with Crippen LogP contribution in [-0.2, 0) is 0 Å². The summed E-state index contributed by atoms with van der Waals surface area (Å²) >= 11 is 1.45. The molecule has 1 N–H and O–H groups in total. The molecule has 1 unspecified atom stereocenters. The first-order valence-corrected chi connectivity index (χ1v) is 9.24. The molecule has 2 aromatic heterocycles. The average molecular weight is 340 g/mol. The number of hydrogen-bond acceptors (Lipinski definition) is 4. The second-order valence-corrected chi connectivity index (χ2v) is 7.18. The van der Waals surface area contributed by atoms with Crippen molar-refractivity contribution in [2.24, 2.45) is 0 Å². The van der Waals surface area contributed by atoms with Gasteiger partial charge in [-0.15, -0.1) is 11.3 Å². The van der Waals surface area contributed by atoms with Crippen molar-refractivity contribution in [3.63, 3.8) is 0 Å². The first-order chi connectivity index (χ1) is 11.6. The van der Waals surface area contributed by atoms with Gasteiger partial charge in [0.05, 0.1) is 22.6 Å². The van der Waals surface area contributed by atoms with Crippen LogP contribution in [0.1, 0.15) is 52.7 Å². The van der Waals surface area contributed by atoms with E-state index in [1.54, 1.807) is 5.51 Å². The number of fused-ring (bicyclic) bond motifs is 1. The predicted molar refractivity (Wildman–Crippen MR) is 95.3 cm³/mol. The fraction of sp³-hybridized carbons (Fsp3) is 0.389. The van der Waals surface area contributed by atoms with Crippen molar-refractivity contribution in [3.05, 3.63) is 45.7 Å². The molecule has 1 fully saturated rings. The topological polar surface area (TPSA) is 61.9 Å². The maximum Gasteiger partial charge on any atom is 0.273 e. The van der Waals surface area contributed by atoms with E-state index >= 15 is 0 Å². The molecule has 124 valence electrons. The van der Waals surface area contributed by atoms with Crippen LogP contribution in [0.2, 0.25) is 0 Å². The van der Waals surface area contributed by atoms with E-state index in [0.717, 1.165) is 42.7 Å². The van der Waals surface area contributed by atoms with E-state index in [1.165, 1.54) is 22.5 Å². The third-order valence-corrected chi connectivity index (χ3v) is 5.43. The third-order valence-electron chi connectivity index (χ3n) is 4.85. The summed E-state index contributed by atoms with van der Waals surface area (Å²) < 4.78 is 0. The van der Waals surface area contributed by atoms with Gasteiger partial charge in [-0.05, 0) is 56.4 Å². The Kier molecular flexibility index (Phi) is 3.84. The number of benzene rings is 1. The van der Waals surface area contributed by atoms with Crippen LogP contribution in [0.3, 0.4) is 0 Å². The number of nitrogens with zero attached hydrogens (tertiary/aromatic N) is 3. The Morgan fingerprint density at radius 3 is 2.92 bits per heavy atom. The van der Waals surface area contributed by atoms with Gasteiger partial charge in [0.1, 0.15) is 11.5 Å². The highest BCUT2D eigenvalue weighted by atomic mass is 32.1. The molecular formula is C18H20N4OS. The van der Waals surface area contributed by atoms with E-state index in [9.17, 15) is 4.79 Å². The van der Waals surface area contributed by atoms with Crippen LogP contribution >= 0.6 is 11.3 Å². The lowest BCUT2D eigenvalue weighted by Crippen LogP contribution is -2.39. The molecule has 1 amide bonds.